The predicted octanol–water partition coefficient (Wildman–Crippen LogP) is 24.8. The Balaban J connectivity index is 5.16. The summed E-state index contributed by atoms with van der Waals surface area (Å²) in [7, 11) is -9.92. The molecule has 0 saturated carbocycles. The Kier molecular flexibility index (Phi) is 70.6. The van der Waals surface area contributed by atoms with E-state index in [1.54, 1.807) is 0 Å². The third-order valence-electron chi connectivity index (χ3n) is 19.7. The summed E-state index contributed by atoms with van der Waals surface area (Å²) >= 11 is 0. The number of hydrogen-bond donors (Lipinski definition) is 3. The molecule has 3 N–H and O–H groups in total. The van der Waals surface area contributed by atoms with Gasteiger partial charge in [-0.05, 0) is 49.4 Å². The van der Waals surface area contributed by atoms with Crippen molar-refractivity contribution in [1.82, 2.24) is 0 Å². The molecule has 0 aliphatic carbocycles. The first-order valence-corrected chi connectivity index (χ1v) is 45.7. The lowest BCUT2D eigenvalue weighted by molar-refractivity contribution is -0.161. The van der Waals surface area contributed by atoms with Crippen LogP contribution in [0.15, 0.2) is 0 Å². The molecule has 0 fully saturated rings. The molecule has 0 spiro atoms. The van der Waals surface area contributed by atoms with Crippen LogP contribution >= 0.6 is 15.6 Å². The quantitative estimate of drug-likeness (QED) is 0.0222. The van der Waals surface area contributed by atoms with Crippen LogP contribution in [0.1, 0.15) is 428 Å². The van der Waals surface area contributed by atoms with Gasteiger partial charge in [-0.2, -0.15) is 0 Å². The van der Waals surface area contributed by atoms with Crippen molar-refractivity contribution in [3.8, 4) is 0 Å². The summed E-state index contributed by atoms with van der Waals surface area (Å²) < 4.78 is 68.7. The van der Waals surface area contributed by atoms with E-state index in [9.17, 15) is 43.2 Å². The Morgan fingerprint density at radius 3 is 0.696 bits per heavy atom. The van der Waals surface area contributed by atoms with Gasteiger partial charge in [0.1, 0.15) is 19.3 Å². The van der Waals surface area contributed by atoms with Gasteiger partial charge in [-0.1, -0.05) is 376 Å². The zero-order valence-corrected chi connectivity index (χ0v) is 69.0. The highest BCUT2D eigenvalue weighted by Gasteiger charge is 2.30. The van der Waals surface area contributed by atoms with Crippen LogP contribution in [0.3, 0.4) is 0 Å². The van der Waals surface area contributed by atoms with E-state index in [4.69, 9.17) is 37.0 Å². The smallest absolute Gasteiger partial charge is 0.462 e. The summed E-state index contributed by atoms with van der Waals surface area (Å²) in [5.41, 5.74) is 0. The second-order valence-electron chi connectivity index (χ2n) is 31.5. The number of ether oxygens (including phenoxy) is 4. The lowest BCUT2D eigenvalue weighted by Crippen LogP contribution is -2.30. The van der Waals surface area contributed by atoms with E-state index < -0.39 is 97.5 Å². The first-order chi connectivity index (χ1) is 49.1. The molecule has 0 saturated heterocycles. The van der Waals surface area contributed by atoms with Crippen molar-refractivity contribution in [2.75, 3.05) is 39.6 Å². The Hall–Kier alpha value is -1.94. The molecular formula is C83H162O17P2. The maximum absolute atomic E-state index is 13.1. The molecule has 0 bridgehead atoms. The molecule has 0 heterocycles. The van der Waals surface area contributed by atoms with Gasteiger partial charge in [-0.3, -0.25) is 37.3 Å². The summed E-state index contributed by atoms with van der Waals surface area (Å²) in [6.45, 7) is 14.2. The monoisotopic (exact) mass is 1490 g/mol. The van der Waals surface area contributed by atoms with Crippen molar-refractivity contribution in [3.63, 3.8) is 0 Å². The molecule has 3 unspecified atom stereocenters. The lowest BCUT2D eigenvalue weighted by Gasteiger charge is -2.21. The van der Waals surface area contributed by atoms with Crippen LogP contribution in [-0.2, 0) is 65.4 Å². The molecule has 19 heteroatoms. The lowest BCUT2D eigenvalue weighted by atomic mass is 9.99. The summed E-state index contributed by atoms with van der Waals surface area (Å²) in [5, 5.41) is 10.6. The van der Waals surface area contributed by atoms with Gasteiger partial charge in [0.25, 0.3) is 0 Å². The molecule has 0 radical (unpaired) electrons. The molecule has 0 aromatic rings. The van der Waals surface area contributed by atoms with E-state index in [-0.39, 0.29) is 25.7 Å². The summed E-state index contributed by atoms with van der Waals surface area (Å²) in [6, 6.07) is 0. The third kappa shape index (κ3) is 74.9. The van der Waals surface area contributed by atoms with Gasteiger partial charge >= 0.3 is 39.5 Å². The van der Waals surface area contributed by atoms with Gasteiger partial charge in [-0.15, -0.1) is 0 Å². The van der Waals surface area contributed by atoms with Crippen LogP contribution in [0, 0.1) is 23.7 Å². The fraction of sp³-hybridized carbons (Fsp3) is 0.952. The second-order valence-corrected chi connectivity index (χ2v) is 34.4. The van der Waals surface area contributed by atoms with E-state index in [0.29, 0.717) is 31.6 Å². The normalized spacial score (nSPS) is 14.3. The minimum Gasteiger partial charge on any atom is -0.462 e. The summed E-state index contributed by atoms with van der Waals surface area (Å²) in [5.74, 6) is 0.988. The maximum Gasteiger partial charge on any atom is 0.472 e. The Morgan fingerprint density at radius 1 is 0.275 bits per heavy atom. The second kappa shape index (κ2) is 72.0. The highest BCUT2D eigenvalue weighted by Crippen LogP contribution is 2.45. The topological polar surface area (TPSA) is 237 Å². The van der Waals surface area contributed by atoms with Gasteiger partial charge in [-0.25, -0.2) is 9.13 Å². The summed E-state index contributed by atoms with van der Waals surface area (Å²) in [4.78, 5) is 73.0. The molecule has 0 rings (SSSR count). The van der Waals surface area contributed by atoms with Crippen molar-refractivity contribution in [3.05, 3.63) is 0 Å². The van der Waals surface area contributed by atoms with Crippen molar-refractivity contribution < 1.29 is 80.2 Å². The Bertz CT molecular complexity index is 1990. The predicted molar refractivity (Wildman–Crippen MR) is 418 cm³/mol. The molecule has 0 aromatic carbocycles. The molecule has 0 aliphatic heterocycles. The summed E-state index contributed by atoms with van der Waals surface area (Å²) in [6.07, 6.45) is 59.9. The van der Waals surface area contributed by atoms with Crippen molar-refractivity contribution in [2.45, 2.75) is 446 Å². The van der Waals surface area contributed by atoms with Crippen LogP contribution in [0.5, 0.6) is 0 Å². The average molecular weight is 1490 g/mol. The first-order valence-electron chi connectivity index (χ1n) is 42.7. The molecule has 0 aliphatic rings. The highest BCUT2D eigenvalue weighted by atomic mass is 31.2. The number of aliphatic hydroxyl groups excluding tert-OH is 1. The molecule has 606 valence electrons. The molecule has 17 nitrogen and oxygen atoms in total. The fourth-order valence-electron chi connectivity index (χ4n) is 12.8. The number of esters is 4. The van der Waals surface area contributed by atoms with Gasteiger partial charge < -0.3 is 33.8 Å². The van der Waals surface area contributed by atoms with Crippen LogP contribution in [0.4, 0.5) is 0 Å². The zero-order chi connectivity index (χ0) is 75.3. The fourth-order valence-corrected chi connectivity index (χ4v) is 14.3. The number of carbonyl (C=O) groups is 4. The van der Waals surface area contributed by atoms with E-state index in [2.05, 4.69) is 55.4 Å². The number of phosphoric acid groups is 2. The van der Waals surface area contributed by atoms with Gasteiger partial charge in [0.2, 0.25) is 0 Å². The van der Waals surface area contributed by atoms with E-state index in [1.807, 2.05) is 0 Å². The van der Waals surface area contributed by atoms with Gasteiger partial charge in [0.05, 0.1) is 26.4 Å². The number of hydrogen-bond acceptors (Lipinski definition) is 15. The number of aliphatic hydroxyl groups is 1. The first kappa shape index (κ1) is 100. The van der Waals surface area contributed by atoms with Crippen LogP contribution in [0.25, 0.3) is 0 Å². The largest absolute Gasteiger partial charge is 0.472 e. The van der Waals surface area contributed by atoms with Crippen LogP contribution in [0.2, 0.25) is 0 Å². The zero-order valence-electron chi connectivity index (χ0n) is 67.2. The Morgan fingerprint density at radius 2 is 0.471 bits per heavy atom. The third-order valence-corrected chi connectivity index (χ3v) is 21.6. The molecule has 6 atom stereocenters. The Labute approximate surface area is 626 Å². The number of rotatable bonds is 80. The SMILES string of the molecule is CCC(C)CCCCCCCCCCCCCCCCCCCCC(=O)O[C@H](COC(=O)CCCCCCCCC(C)C)COP(=O)(O)OC[C@H](O)COP(=O)(O)OC[C@@H](COC(=O)CCCCCCCCCCCC(C)C)OC(=O)CCCCCCCCCCCCCCCCCCC(C)C. The van der Waals surface area contributed by atoms with Crippen molar-refractivity contribution in [2.24, 2.45) is 23.7 Å². The average Bonchev–Trinajstić information content (AvgIpc) is 0.928. The van der Waals surface area contributed by atoms with Crippen molar-refractivity contribution in [1.29, 1.82) is 0 Å². The van der Waals surface area contributed by atoms with E-state index >= 15 is 0 Å². The molecule has 0 amide bonds. The number of carbonyl (C=O) groups excluding carboxylic acids is 4. The van der Waals surface area contributed by atoms with Crippen molar-refractivity contribution >= 4 is 39.5 Å². The standard InChI is InChI=1S/C83H162O17P2/c1-9-76(8)62-54-46-37-31-25-21-17-12-10-11-13-18-22-26-32-39-49-58-66-83(88)100-79(70-94-81(86)64-56-48-42-41-45-53-61-75(6)7)72-98-102(91,92)96-68-77(84)67-95-101(89,90)97-71-78(69-93-80(85)63-55-47-38-34-28-30-36-44-52-60-74(4)5)99-82(87)65-57-50-40-33-27-23-19-15-14-16-20-24-29-35-43-51-59-73(2)3/h73-79,84H,9-72H2,1-8H3,(H,89,90)(H,91,92)/t76?,77-,78-,79-/m1/s1. The maximum atomic E-state index is 13.1. The molecule has 102 heavy (non-hydrogen) atoms. The van der Waals surface area contributed by atoms with E-state index in [1.165, 1.54) is 225 Å². The van der Waals surface area contributed by atoms with Crippen LogP contribution < -0.4 is 0 Å². The number of unbranched alkanes of at least 4 members (excludes halogenated alkanes) is 45. The number of phosphoric ester groups is 2. The van der Waals surface area contributed by atoms with Crippen LogP contribution in [-0.4, -0.2) is 96.7 Å². The molecular weight excluding hydrogens is 1330 g/mol. The highest BCUT2D eigenvalue weighted by molar-refractivity contribution is 7.47. The minimum atomic E-state index is -4.96. The van der Waals surface area contributed by atoms with Gasteiger partial charge in [0, 0.05) is 25.7 Å². The minimum absolute atomic E-state index is 0.107. The van der Waals surface area contributed by atoms with E-state index in [0.717, 1.165) is 114 Å². The molecule has 0 aromatic heterocycles. The van der Waals surface area contributed by atoms with Gasteiger partial charge in [0.15, 0.2) is 12.2 Å².